The largest absolute Gasteiger partial charge is 0.308 e. The Morgan fingerprint density at radius 3 is 2.62 bits per heavy atom. The van der Waals surface area contributed by atoms with Crippen molar-refractivity contribution in [1.29, 1.82) is 0 Å². The van der Waals surface area contributed by atoms with Crippen LogP contribution in [0.5, 0.6) is 5.75 Å². The van der Waals surface area contributed by atoms with Gasteiger partial charge in [-0.2, -0.15) is 0 Å². The van der Waals surface area contributed by atoms with Crippen molar-refractivity contribution >= 4 is 19.7 Å². The summed E-state index contributed by atoms with van der Waals surface area (Å²) < 4.78 is 21.6. The molecule has 0 saturated carbocycles. The predicted octanol–water partition coefficient (Wildman–Crippen LogP) is 1.40. The molecule has 1 aromatic rings. The van der Waals surface area contributed by atoms with Gasteiger partial charge in [0.15, 0.2) is 5.75 Å². The molecule has 0 atom stereocenters. The highest BCUT2D eigenvalue weighted by Crippen LogP contribution is 2.20. The lowest BCUT2D eigenvalue weighted by Gasteiger charge is -1.99. The normalized spacial score (nSPS) is 11.2. The molecule has 1 aromatic carbocycles. The molecular weight excluding hydrogens is 220 g/mol. The van der Waals surface area contributed by atoms with E-state index in [0.29, 0.717) is 0 Å². The number of benzene rings is 1. The highest BCUT2D eigenvalue weighted by molar-refractivity contribution is 8.13. The molecule has 0 spiro atoms. The van der Waals surface area contributed by atoms with Crippen LogP contribution in [-0.4, -0.2) is 13.7 Å². The van der Waals surface area contributed by atoms with Crippen molar-refractivity contribution < 1.29 is 23.6 Å². The first-order valence-electron chi connectivity index (χ1n) is 3.07. The van der Waals surface area contributed by atoms with Crippen LogP contribution in [0.4, 0.5) is 0 Å². The minimum Gasteiger partial charge on any atom is -0.308 e. The fourth-order valence-corrected chi connectivity index (χ4v) is 1.51. The summed E-state index contributed by atoms with van der Waals surface area (Å²) in [5, 5.41) is 11.3. The molecule has 0 amide bonds. The molecule has 0 aliphatic rings. The molecule has 0 heterocycles. The number of hydrogen-bond donors (Lipinski definition) is 1. The Labute approximate surface area is 78.7 Å². The average Bonchev–Trinajstić information content (AvgIpc) is 2.04. The molecule has 0 aliphatic heterocycles. The van der Waals surface area contributed by atoms with Gasteiger partial charge in [-0.1, -0.05) is 6.07 Å². The Bertz CT molecular complexity index is 388. The van der Waals surface area contributed by atoms with Gasteiger partial charge < -0.3 is 4.89 Å². The van der Waals surface area contributed by atoms with E-state index < -0.39 is 9.05 Å². The predicted molar refractivity (Wildman–Crippen MR) is 43.8 cm³/mol. The third-order valence-electron chi connectivity index (χ3n) is 1.22. The zero-order valence-corrected chi connectivity index (χ0v) is 7.75. The third-order valence-corrected chi connectivity index (χ3v) is 2.57. The van der Waals surface area contributed by atoms with Gasteiger partial charge in [-0.3, -0.25) is 0 Å². The summed E-state index contributed by atoms with van der Waals surface area (Å²) in [6.45, 7) is 0. The Morgan fingerprint density at radius 2 is 2.08 bits per heavy atom. The van der Waals surface area contributed by atoms with Crippen LogP contribution in [0.15, 0.2) is 29.2 Å². The first kappa shape index (κ1) is 10.3. The fourth-order valence-electron chi connectivity index (χ4n) is 0.721. The molecular formula is C6H5ClO5S. The summed E-state index contributed by atoms with van der Waals surface area (Å²) in [5.41, 5.74) is 0. The van der Waals surface area contributed by atoms with Crippen molar-refractivity contribution in [1.82, 2.24) is 0 Å². The number of hydrogen-bond acceptors (Lipinski definition) is 5. The van der Waals surface area contributed by atoms with E-state index in [1.54, 1.807) is 0 Å². The van der Waals surface area contributed by atoms with E-state index in [0.717, 1.165) is 6.07 Å². The van der Waals surface area contributed by atoms with Crippen LogP contribution >= 0.6 is 10.7 Å². The lowest BCUT2D eigenvalue weighted by molar-refractivity contribution is -0.438. The summed E-state index contributed by atoms with van der Waals surface area (Å²) in [6.07, 6.45) is 0. The second-order valence-electron chi connectivity index (χ2n) is 2.07. The Hall–Kier alpha value is -0.820. The van der Waals surface area contributed by atoms with Gasteiger partial charge >= 0.3 is 0 Å². The number of halogens is 1. The SMILES string of the molecule is O=S(=O)(Cl)c1cccc(OOO)c1. The van der Waals surface area contributed by atoms with Crippen LogP contribution in [0.1, 0.15) is 0 Å². The van der Waals surface area contributed by atoms with E-state index in [-0.39, 0.29) is 10.6 Å². The lowest BCUT2D eigenvalue weighted by Crippen LogP contribution is -1.94. The fraction of sp³-hybridized carbons (Fsp3) is 0. The quantitative estimate of drug-likeness (QED) is 0.477. The molecule has 0 radical (unpaired) electrons. The van der Waals surface area contributed by atoms with Gasteiger partial charge in [0, 0.05) is 16.7 Å². The summed E-state index contributed by atoms with van der Waals surface area (Å²) >= 11 is 0. The first-order valence-corrected chi connectivity index (χ1v) is 5.38. The van der Waals surface area contributed by atoms with Crippen LogP contribution in [0.2, 0.25) is 0 Å². The molecule has 72 valence electrons. The van der Waals surface area contributed by atoms with Crippen molar-refractivity contribution in [3.63, 3.8) is 0 Å². The zero-order chi connectivity index (χ0) is 9.90. The second-order valence-corrected chi connectivity index (χ2v) is 4.64. The standard InChI is InChI=1S/C6H5ClO5S/c7-13(9,10)6-3-1-2-5(4-6)11-12-8/h1-4,8H. The molecule has 1 rings (SSSR count). The Balaban J connectivity index is 3.06. The molecule has 0 saturated heterocycles. The summed E-state index contributed by atoms with van der Waals surface area (Å²) in [5.74, 6) is 0.0317. The van der Waals surface area contributed by atoms with E-state index in [1.165, 1.54) is 18.2 Å². The van der Waals surface area contributed by atoms with E-state index >= 15 is 0 Å². The monoisotopic (exact) mass is 224 g/mol. The molecule has 13 heavy (non-hydrogen) atoms. The van der Waals surface area contributed by atoms with Crippen molar-refractivity contribution in [2.45, 2.75) is 4.90 Å². The molecule has 0 aliphatic carbocycles. The van der Waals surface area contributed by atoms with Crippen LogP contribution in [-0.2, 0) is 14.1 Å². The molecule has 5 nitrogen and oxygen atoms in total. The van der Waals surface area contributed by atoms with Gasteiger partial charge in [0.1, 0.15) is 0 Å². The molecule has 0 fully saturated rings. The van der Waals surface area contributed by atoms with Crippen molar-refractivity contribution in [3.8, 4) is 5.75 Å². The van der Waals surface area contributed by atoms with Crippen LogP contribution in [0.25, 0.3) is 0 Å². The smallest absolute Gasteiger partial charge is 0.261 e. The molecule has 0 aromatic heterocycles. The van der Waals surface area contributed by atoms with Gasteiger partial charge in [-0.25, -0.2) is 13.7 Å². The summed E-state index contributed by atoms with van der Waals surface area (Å²) in [6, 6.07) is 5.18. The van der Waals surface area contributed by atoms with Crippen molar-refractivity contribution in [3.05, 3.63) is 24.3 Å². The zero-order valence-electron chi connectivity index (χ0n) is 6.18. The molecule has 7 heteroatoms. The van der Waals surface area contributed by atoms with Gasteiger partial charge in [0.2, 0.25) is 0 Å². The minimum atomic E-state index is -3.79. The van der Waals surface area contributed by atoms with Crippen molar-refractivity contribution in [2.75, 3.05) is 0 Å². The van der Waals surface area contributed by atoms with Crippen LogP contribution in [0.3, 0.4) is 0 Å². The molecule has 1 N–H and O–H groups in total. The number of rotatable bonds is 3. The van der Waals surface area contributed by atoms with Gasteiger partial charge in [-0.15, -0.1) is 0 Å². The van der Waals surface area contributed by atoms with Gasteiger partial charge in [0.05, 0.1) is 4.90 Å². The maximum Gasteiger partial charge on any atom is 0.261 e. The van der Waals surface area contributed by atoms with E-state index in [4.69, 9.17) is 15.9 Å². The summed E-state index contributed by atoms with van der Waals surface area (Å²) in [7, 11) is 1.26. The lowest BCUT2D eigenvalue weighted by atomic mass is 10.3. The minimum absolute atomic E-state index is 0.0317. The highest BCUT2D eigenvalue weighted by atomic mass is 35.7. The maximum atomic E-state index is 10.8. The van der Waals surface area contributed by atoms with Crippen LogP contribution in [0, 0.1) is 0 Å². The molecule has 0 bridgehead atoms. The molecule has 0 unspecified atom stereocenters. The second kappa shape index (κ2) is 3.93. The van der Waals surface area contributed by atoms with E-state index in [9.17, 15) is 8.42 Å². The third kappa shape index (κ3) is 2.85. The van der Waals surface area contributed by atoms with Gasteiger partial charge in [-0.05, 0) is 17.2 Å². The van der Waals surface area contributed by atoms with Crippen LogP contribution < -0.4 is 4.89 Å². The highest BCUT2D eigenvalue weighted by Gasteiger charge is 2.10. The Kier molecular flexibility index (Phi) is 3.10. The van der Waals surface area contributed by atoms with E-state index in [1.807, 2.05) is 0 Å². The van der Waals surface area contributed by atoms with Gasteiger partial charge in [0.25, 0.3) is 9.05 Å². The van der Waals surface area contributed by atoms with Crippen molar-refractivity contribution in [2.24, 2.45) is 0 Å². The topological polar surface area (TPSA) is 72.8 Å². The average molecular weight is 225 g/mol. The first-order chi connectivity index (χ1) is 6.04. The van der Waals surface area contributed by atoms with E-state index in [2.05, 4.69) is 9.93 Å². The summed E-state index contributed by atoms with van der Waals surface area (Å²) in [4.78, 5) is 4.04. The Morgan fingerprint density at radius 1 is 1.38 bits per heavy atom. The maximum absolute atomic E-state index is 10.8.